The number of hydrogen-bond acceptors (Lipinski definition) is 3. The summed E-state index contributed by atoms with van der Waals surface area (Å²) in [5.41, 5.74) is 0.736. The Morgan fingerprint density at radius 2 is 2.00 bits per heavy atom. The fourth-order valence-corrected chi connectivity index (χ4v) is 1.68. The van der Waals surface area contributed by atoms with Crippen molar-refractivity contribution < 1.29 is 8.78 Å². The molecule has 5 heteroatoms. The number of nitriles is 1. The molecule has 0 atom stereocenters. The van der Waals surface area contributed by atoms with Gasteiger partial charge in [-0.3, -0.25) is 4.98 Å². The molecule has 0 unspecified atom stereocenters. The minimum atomic E-state index is -0.761. The number of pyridine rings is 1. The number of anilines is 1. The van der Waals surface area contributed by atoms with E-state index >= 15 is 0 Å². The monoisotopic (exact) mass is 259 g/mol. The van der Waals surface area contributed by atoms with Crippen LogP contribution in [0.15, 0.2) is 36.7 Å². The van der Waals surface area contributed by atoms with Crippen molar-refractivity contribution in [2.24, 2.45) is 0 Å². The van der Waals surface area contributed by atoms with Gasteiger partial charge in [0.15, 0.2) is 11.6 Å². The lowest BCUT2D eigenvalue weighted by Gasteiger charge is -2.09. The molecular formula is C14H11F2N3. The molecule has 0 saturated heterocycles. The first-order chi connectivity index (χ1) is 9.20. The number of nitrogens with zero attached hydrogens (tertiary/aromatic N) is 2. The van der Waals surface area contributed by atoms with E-state index in [1.807, 2.05) is 6.07 Å². The van der Waals surface area contributed by atoms with Crippen LogP contribution >= 0.6 is 0 Å². The summed E-state index contributed by atoms with van der Waals surface area (Å²) in [5.74, 6) is -1.52. The summed E-state index contributed by atoms with van der Waals surface area (Å²) < 4.78 is 27.1. The van der Waals surface area contributed by atoms with Gasteiger partial charge in [-0.05, 0) is 30.2 Å². The third-order valence-electron chi connectivity index (χ3n) is 2.61. The van der Waals surface area contributed by atoms with Crippen LogP contribution in [0.1, 0.15) is 11.1 Å². The van der Waals surface area contributed by atoms with E-state index < -0.39 is 11.6 Å². The molecule has 0 radical (unpaired) electrons. The Hall–Kier alpha value is -2.48. The Bertz CT molecular complexity index is 583. The quantitative estimate of drug-likeness (QED) is 0.918. The van der Waals surface area contributed by atoms with Crippen LogP contribution in [0, 0.1) is 23.0 Å². The molecule has 2 rings (SSSR count). The fourth-order valence-electron chi connectivity index (χ4n) is 1.68. The van der Waals surface area contributed by atoms with Gasteiger partial charge in [0.25, 0.3) is 0 Å². The van der Waals surface area contributed by atoms with E-state index in [2.05, 4.69) is 10.3 Å². The second kappa shape index (κ2) is 5.91. The van der Waals surface area contributed by atoms with Gasteiger partial charge in [-0.15, -0.1) is 0 Å². The van der Waals surface area contributed by atoms with Crippen LogP contribution in [0.4, 0.5) is 14.5 Å². The zero-order valence-electron chi connectivity index (χ0n) is 10.0. The maximum absolute atomic E-state index is 13.6. The highest BCUT2D eigenvalue weighted by atomic mass is 19.1. The number of halogens is 2. The van der Waals surface area contributed by atoms with Crippen LogP contribution in [-0.4, -0.2) is 11.5 Å². The van der Waals surface area contributed by atoms with Crippen molar-refractivity contribution in [1.82, 2.24) is 4.98 Å². The Labute approximate surface area is 109 Å². The van der Waals surface area contributed by atoms with Crippen molar-refractivity contribution >= 4 is 5.69 Å². The summed E-state index contributed by atoms with van der Waals surface area (Å²) in [4.78, 5) is 3.96. The van der Waals surface area contributed by atoms with Crippen LogP contribution in [0.3, 0.4) is 0 Å². The van der Waals surface area contributed by atoms with Crippen molar-refractivity contribution in [3.63, 3.8) is 0 Å². The maximum atomic E-state index is 13.6. The summed E-state index contributed by atoms with van der Waals surface area (Å²) in [6.45, 7) is 0.380. The van der Waals surface area contributed by atoms with E-state index in [0.29, 0.717) is 13.0 Å². The SMILES string of the molecule is N#Cc1cc(F)c(NCCc2cccnc2)c(F)c1. The average molecular weight is 259 g/mol. The molecule has 1 aromatic carbocycles. The van der Waals surface area contributed by atoms with Gasteiger partial charge in [0.2, 0.25) is 0 Å². The van der Waals surface area contributed by atoms with E-state index in [-0.39, 0.29) is 11.3 Å². The van der Waals surface area contributed by atoms with E-state index in [0.717, 1.165) is 17.7 Å². The second-order valence-electron chi connectivity index (χ2n) is 3.96. The van der Waals surface area contributed by atoms with Crippen LogP contribution in [0.25, 0.3) is 0 Å². The van der Waals surface area contributed by atoms with Crippen molar-refractivity contribution in [2.45, 2.75) is 6.42 Å². The molecule has 0 aliphatic rings. The lowest BCUT2D eigenvalue weighted by Crippen LogP contribution is -2.08. The molecule has 1 N–H and O–H groups in total. The van der Waals surface area contributed by atoms with Crippen molar-refractivity contribution in [3.05, 3.63) is 59.4 Å². The van der Waals surface area contributed by atoms with Gasteiger partial charge in [-0.2, -0.15) is 5.26 Å². The zero-order chi connectivity index (χ0) is 13.7. The van der Waals surface area contributed by atoms with Gasteiger partial charge in [0.05, 0.1) is 11.6 Å². The number of aromatic nitrogens is 1. The molecule has 0 aliphatic heterocycles. The minimum absolute atomic E-state index is 0.0344. The molecule has 0 amide bonds. The molecule has 0 aliphatic carbocycles. The highest BCUT2D eigenvalue weighted by Gasteiger charge is 2.10. The van der Waals surface area contributed by atoms with Crippen LogP contribution in [0.2, 0.25) is 0 Å². The summed E-state index contributed by atoms with van der Waals surface area (Å²) in [7, 11) is 0. The lowest BCUT2D eigenvalue weighted by molar-refractivity contribution is 0.587. The number of nitrogens with one attached hydrogen (secondary N) is 1. The highest BCUT2D eigenvalue weighted by Crippen LogP contribution is 2.20. The standard InChI is InChI=1S/C14H11F2N3/c15-12-6-11(8-17)7-13(16)14(12)19-5-3-10-2-1-4-18-9-10/h1-2,4,6-7,9,19H,3,5H2. The third kappa shape index (κ3) is 3.26. The molecule has 19 heavy (non-hydrogen) atoms. The van der Waals surface area contributed by atoms with Gasteiger partial charge < -0.3 is 5.32 Å². The molecule has 1 heterocycles. The molecule has 2 aromatic rings. The van der Waals surface area contributed by atoms with Gasteiger partial charge in [-0.25, -0.2) is 8.78 Å². The number of benzene rings is 1. The molecule has 0 spiro atoms. The molecule has 0 fully saturated rings. The second-order valence-corrected chi connectivity index (χ2v) is 3.96. The van der Waals surface area contributed by atoms with E-state index in [1.165, 1.54) is 0 Å². The van der Waals surface area contributed by atoms with Crippen molar-refractivity contribution in [3.8, 4) is 6.07 Å². The first kappa shape index (κ1) is 13.0. The average Bonchev–Trinajstić information content (AvgIpc) is 2.42. The number of rotatable bonds is 4. The van der Waals surface area contributed by atoms with Crippen molar-refractivity contribution in [2.75, 3.05) is 11.9 Å². The van der Waals surface area contributed by atoms with Gasteiger partial charge >= 0.3 is 0 Å². The predicted octanol–water partition coefficient (Wildman–Crippen LogP) is 2.89. The Balaban J connectivity index is 2.02. The molecule has 96 valence electrons. The third-order valence-corrected chi connectivity index (χ3v) is 2.61. The number of hydrogen-bond donors (Lipinski definition) is 1. The highest BCUT2D eigenvalue weighted by molar-refractivity contribution is 5.50. The van der Waals surface area contributed by atoms with E-state index in [9.17, 15) is 8.78 Å². The summed E-state index contributed by atoms with van der Waals surface area (Å²) in [5, 5.41) is 11.3. The summed E-state index contributed by atoms with van der Waals surface area (Å²) >= 11 is 0. The van der Waals surface area contributed by atoms with Gasteiger partial charge in [0, 0.05) is 18.9 Å². The molecule has 0 bridgehead atoms. The van der Waals surface area contributed by atoms with Crippen LogP contribution in [0.5, 0.6) is 0 Å². The van der Waals surface area contributed by atoms with Gasteiger partial charge in [0.1, 0.15) is 5.69 Å². The summed E-state index contributed by atoms with van der Waals surface area (Å²) in [6, 6.07) is 7.41. The van der Waals surface area contributed by atoms with Crippen LogP contribution < -0.4 is 5.32 Å². The topological polar surface area (TPSA) is 48.7 Å². The normalized spacial score (nSPS) is 9.95. The van der Waals surface area contributed by atoms with E-state index in [4.69, 9.17) is 5.26 Å². The molecule has 3 nitrogen and oxygen atoms in total. The van der Waals surface area contributed by atoms with Crippen molar-refractivity contribution in [1.29, 1.82) is 5.26 Å². The summed E-state index contributed by atoms with van der Waals surface area (Å²) in [6.07, 6.45) is 3.97. The minimum Gasteiger partial charge on any atom is -0.380 e. The Morgan fingerprint density at radius 3 is 2.58 bits per heavy atom. The van der Waals surface area contributed by atoms with Gasteiger partial charge in [-0.1, -0.05) is 6.07 Å². The molecule has 1 aromatic heterocycles. The lowest BCUT2D eigenvalue weighted by atomic mass is 10.2. The first-order valence-electron chi connectivity index (χ1n) is 5.72. The Kier molecular flexibility index (Phi) is 4.04. The van der Waals surface area contributed by atoms with Crippen LogP contribution in [-0.2, 0) is 6.42 Å². The predicted molar refractivity (Wildman–Crippen MR) is 67.5 cm³/mol. The largest absolute Gasteiger partial charge is 0.380 e. The zero-order valence-corrected chi connectivity index (χ0v) is 10.0. The molecule has 0 saturated carbocycles. The maximum Gasteiger partial charge on any atom is 0.150 e. The fraction of sp³-hybridized carbons (Fsp3) is 0.143. The first-order valence-corrected chi connectivity index (χ1v) is 5.72. The Morgan fingerprint density at radius 1 is 1.26 bits per heavy atom. The van der Waals surface area contributed by atoms with E-state index in [1.54, 1.807) is 24.5 Å². The molecular weight excluding hydrogens is 248 g/mol. The smallest absolute Gasteiger partial charge is 0.150 e.